The molecule has 1 spiro atoms. The predicted octanol–water partition coefficient (Wildman–Crippen LogP) is 4.66. The SMILES string of the molecule is O=C(O)c1cc(F)cc(C2(n3c(=O)n(-c4ccc(N5CC6(COC6)C5)cc4)c4cc(Cl)ccc43)CC2)c1. The standard InChI is InChI=1S/C28H23ClFN3O4/c29-19-1-6-23-24(12-19)32(22-4-2-21(3-5-22)31-13-27(14-31)15-37-16-27)26(36)33(23)28(7-8-28)18-9-17(25(34)35)10-20(30)11-18/h1-6,9-12H,7-8,13-16H2,(H,34,35). The van der Waals surface area contributed by atoms with E-state index in [0.29, 0.717) is 45.6 Å². The number of fused-ring (bicyclic) bond motifs is 1. The van der Waals surface area contributed by atoms with E-state index >= 15 is 0 Å². The molecule has 1 aliphatic carbocycles. The first-order valence-corrected chi connectivity index (χ1v) is 12.6. The third-order valence-electron chi connectivity index (χ3n) is 7.98. The molecule has 0 amide bonds. The van der Waals surface area contributed by atoms with Crippen LogP contribution in [0.25, 0.3) is 16.7 Å². The maximum atomic E-state index is 14.4. The molecule has 3 heterocycles. The lowest BCUT2D eigenvalue weighted by Crippen LogP contribution is -2.66. The Labute approximate surface area is 216 Å². The number of carbonyl (C=O) groups is 1. The van der Waals surface area contributed by atoms with E-state index in [9.17, 15) is 19.1 Å². The van der Waals surface area contributed by atoms with Crippen molar-refractivity contribution in [3.63, 3.8) is 0 Å². The second kappa shape index (κ2) is 7.69. The molecule has 4 aromatic rings. The highest BCUT2D eigenvalue weighted by Crippen LogP contribution is 2.50. The monoisotopic (exact) mass is 519 g/mol. The summed E-state index contributed by atoms with van der Waals surface area (Å²) >= 11 is 6.35. The van der Waals surface area contributed by atoms with E-state index in [2.05, 4.69) is 4.90 Å². The van der Waals surface area contributed by atoms with Crippen LogP contribution in [-0.4, -0.2) is 46.5 Å². The summed E-state index contributed by atoms with van der Waals surface area (Å²) in [6.45, 7) is 3.57. The summed E-state index contributed by atoms with van der Waals surface area (Å²) < 4.78 is 23.1. The lowest BCUT2D eigenvalue weighted by Gasteiger charge is -2.56. The van der Waals surface area contributed by atoms with Gasteiger partial charge in [-0.3, -0.25) is 9.13 Å². The van der Waals surface area contributed by atoms with Gasteiger partial charge in [-0.1, -0.05) is 11.6 Å². The van der Waals surface area contributed by atoms with Gasteiger partial charge in [0.2, 0.25) is 0 Å². The number of aromatic carboxylic acids is 1. The van der Waals surface area contributed by atoms with E-state index in [-0.39, 0.29) is 11.3 Å². The fourth-order valence-electron chi connectivity index (χ4n) is 5.91. The zero-order chi connectivity index (χ0) is 25.5. The van der Waals surface area contributed by atoms with Crippen LogP contribution in [-0.2, 0) is 10.3 Å². The number of carboxylic acids is 1. The Bertz CT molecular complexity index is 1640. The zero-order valence-electron chi connectivity index (χ0n) is 19.8. The number of imidazole rings is 1. The van der Waals surface area contributed by atoms with Gasteiger partial charge in [0.25, 0.3) is 0 Å². The topological polar surface area (TPSA) is 76.7 Å². The van der Waals surface area contributed by atoms with Crippen LogP contribution in [0.2, 0.25) is 5.02 Å². The molecular weight excluding hydrogens is 497 g/mol. The molecule has 7 nitrogen and oxygen atoms in total. The van der Waals surface area contributed by atoms with Gasteiger partial charge in [0, 0.05) is 23.8 Å². The number of aromatic nitrogens is 2. The van der Waals surface area contributed by atoms with Crippen LogP contribution in [0, 0.1) is 11.2 Å². The molecule has 3 aliphatic rings. The number of hydrogen-bond acceptors (Lipinski definition) is 4. The summed E-state index contributed by atoms with van der Waals surface area (Å²) in [6.07, 6.45) is 1.19. The predicted molar refractivity (Wildman–Crippen MR) is 138 cm³/mol. The summed E-state index contributed by atoms with van der Waals surface area (Å²) in [5.74, 6) is -1.85. The molecule has 3 aromatic carbocycles. The summed E-state index contributed by atoms with van der Waals surface area (Å²) in [5.41, 5.74) is 2.62. The molecule has 9 heteroatoms. The number of halogens is 2. The average molecular weight is 520 g/mol. The number of anilines is 1. The maximum Gasteiger partial charge on any atom is 0.335 e. The molecule has 1 aromatic heterocycles. The van der Waals surface area contributed by atoms with Crippen molar-refractivity contribution in [2.45, 2.75) is 18.4 Å². The molecule has 0 unspecified atom stereocenters. The number of hydrogen-bond donors (Lipinski definition) is 1. The van der Waals surface area contributed by atoms with Gasteiger partial charge in [0.15, 0.2) is 0 Å². The van der Waals surface area contributed by atoms with Crippen molar-refractivity contribution in [2.75, 3.05) is 31.2 Å². The van der Waals surface area contributed by atoms with Crippen molar-refractivity contribution < 1.29 is 19.0 Å². The van der Waals surface area contributed by atoms with Crippen molar-refractivity contribution in [3.8, 4) is 5.69 Å². The molecule has 2 aliphatic heterocycles. The van der Waals surface area contributed by atoms with Crippen LogP contribution in [0.3, 0.4) is 0 Å². The van der Waals surface area contributed by atoms with Crippen molar-refractivity contribution in [1.82, 2.24) is 9.13 Å². The third-order valence-corrected chi connectivity index (χ3v) is 8.21. The Kier molecular flexibility index (Phi) is 4.69. The zero-order valence-corrected chi connectivity index (χ0v) is 20.5. The van der Waals surface area contributed by atoms with Gasteiger partial charge in [-0.2, -0.15) is 0 Å². The second-order valence-electron chi connectivity index (χ2n) is 10.5. The van der Waals surface area contributed by atoms with Crippen LogP contribution in [0.15, 0.2) is 65.5 Å². The van der Waals surface area contributed by atoms with E-state index in [4.69, 9.17) is 16.3 Å². The van der Waals surface area contributed by atoms with Gasteiger partial charge in [-0.05, 0) is 79.1 Å². The molecule has 188 valence electrons. The molecule has 37 heavy (non-hydrogen) atoms. The van der Waals surface area contributed by atoms with E-state index < -0.39 is 17.3 Å². The van der Waals surface area contributed by atoms with E-state index in [0.717, 1.165) is 38.1 Å². The Balaban J connectivity index is 1.34. The molecule has 0 bridgehead atoms. The summed E-state index contributed by atoms with van der Waals surface area (Å²) in [5, 5.41) is 9.96. The summed E-state index contributed by atoms with van der Waals surface area (Å²) in [6, 6.07) is 16.9. The van der Waals surface area contributed by atoms with E-state index in [1.54, 1.807) is 27.3 Å². The lowest BCUT2D eigenvalue weighted by molar-refractivity contribution is -0.127. The van der Waals surface area contributed by atoms with E-state index in [1.807, 2.05) is 24.3 Å². The Morgan fingerprint density at radius 1 is 0.946 bits per heavy atom. The average Bonchev–Trinajstić information content (AvgIpc) is 3.56. The smallest absolute Gasteiger partial charge is 0.335 e. The largest absolute Gasteiger partial charge is 0.478 e. The highest BCUT2D eigenvalue weighted by Gasteiger charge is 2.50. The van der Waals surface area contributed by atoms with Crippen molar-refractivity contribution in [1.29, 1.82) is 0 Å². The normalized spacial score (nSPS) is 19.0. The Hall–Kier alpha value is -3.62. The highest BCUT2D eigenvalue weighted by atomic mass is 35.5. The molecule has 7 rings (SSSR count). The minimum Gasteiger partial charge on any atom is -0.478 e. The Morgan fingerprint density at radius 2 is 1.65 bits per heavy atom. The van der Waals surface area contributed by atoms with Gasteiger partial charge in [-0.15, -0.1) is 0 Å². The van der Waals surface area contributed by atoms with Crippen molar-refractivity contribution >= 4 is 34.3 Å². The number of benzene rings is 3. The van der Waals surface area contributed by atoms with Crippen LogP contribution >= 0.6 is 11.6 Å². The first kappa shape index (κ1) is 22.6. The molecule has 1 N–H and O–H groups in total. The molecule has 3 fully saturated rings. The quantitative estimate of drug-likeness (QED) is 0.415. The van der Waals surface area contributed by atoms with Crippen LogP contribution < -0.4 is 10.6 Å². The van der Waals surface area contributed by atoms with Gasteiger partial charge >= 0.3 is 11.7 Å². The molecular formula is C28H23ClFN3O4. The number of nitrogens with zero attached hydrogens (tertiary/aromatic N) is 3. The lowest BCUT2D eigenvalue weighted by atomic mass is 9.78. The van der Waals surface area contributed by atoms with Gasteiger partial charge < -0.3 is 14.7 Å². The van der Waals surface area contributed by atoms with Gasteiger partial charge in [-0.25, -0.2) is 14.0 Å². The third kappa shape index (κ3) is 3.35. The molecule has 2 saturated heterocycles. The van der Waals surface area contributed by atoms with Crippen molar-refractivity contribution in [3.05, 3.63) is 93.1 Å². The molecule has 0 radical (unpaired) electrons. The highest BCUT2D eigenvalue weighted by molar-refractivity contribution is 6.31. The first-order chi connectivity index (χ1) is 17.8. The summed E-state index contributed by atoms with van der Waals surface area (Å²) in [7, 11) is 0. The van der Waals surface area contributed by atoms with Crippen LogP contribution in [0.1, 0.15) is 28.8 Å². The maximum absolute atomic E-state index is 14.4. The minimum atomic E-state index is -1.21. The van der Waals surface area contributed by atoms with Crippen molar-refractivity contribution in [2.24, 2.45) is 5.41 Å². The molecule has 1 saturated carbocycles. The fourth-order valence-corrected chi connectivity index (χ4v) is 6.07. The van der Waals surface area contributed by atoms with Crippen LogP contribution in [0.4, 0.5) is 10.1 Å². The number of rotatable bonds is 5. The van der Waals surface area contributed by atoms with Gasteiger partial charge in [0.1, 0.15) is 5.82 Å². The number of carboxylic acid groups (broad SMARTS) is 1. The van der Waals surface area contributed by atoms with E-state index in [1.165, 1.54) is 12.1 Å². The van der Waals surface area contributed by atoms with Gasteiger partial charge in [0.05, 0.1) is 46.5 Å². The number of ether oxygens (including phenoxy) is 1. The van der Waals surface area contributed by atoms with Crippen LogP contribution in [0.5, 0.6) is 0 Å². The molecule has 0 atom stereocenters. The Morgan fingerprint density at radius 3 is 2.27 bits per heavy atom. The summed E-state index contributed by atoms with van der Waals surface area (Å²) in [4.78, 5) is 27.9. The minimum absolute atomic E-state index is 0.141. The first-order valence-electron chi connectivity index (χ1n) is 12.2. The second-order valence-corrected chi connectivity index (χ2v) is 11.0. The fraction of sp³-hybridized carbons (Fsp3) is 0.286.